The molecule has 6 nitrogen and oxygen atoms in total. The van der Waals surface area contributed by atoms with E-state index in [9.17, 15) is 14.4 Å². The molecule has 1 aromatic carbocycles. The molecule has 7 heteroatoms. The second-order valence-electron chi connectivity index (χ2n) is 9.16. The summed E-state index contributed by atoms with van der Waals surface area (Å²) in [7, 11) is 0. The van der Waals surface area contributed by atoms with Gasteiger partial charge in [-0.05, 0) is 64.5 Å². The number of allylic oxidation sites excluding steroid dienone is 1. The molecular formula is C24H31N3O3S. The normalized spacial score (nSPS) is 24.8. The first kappa shape index (κ1) is 21.9. The highest BCUT2D eigenvalue weighted by Crippen LogP contribution is 2.56. The molecule has 3 aliphatic rings. The Morgan fingerprint density at radius 3 is 2.77 bits per heavy atom. The van der Waals surface area contributed by atoms with E-state index >= 15 is 0 Å². The SMILES string of the molecule is C[C@H](NC(=O)[C@H]1N2C(=O)c3ccccc3C2SC1(C)C)C(=O)NCCC1=CCCCC1. The van der Waals surface area contributed by atoms with E-state index in [1.807, 2.05) is 38.1 Å². The molecule has 2 heterocycles. The number of amides is 3. The maximum atomic E-state index is 13.2. The van der Waals surface area contributed by atoms with Crippen LogP contribution in [0.2, 0.25) is 0 Å². The minimum Gasteiger partial charge on any atom is -0.354 e. The second-order valence-corrected chi connectivity index (χ2v) is 10.9. The van der Waals surface area contributed by atoms with Crippen LogP contribution < -0.4 is 10.6 Å². The Morgan fingerprint density at radius 1 is 1.26 bits per heavy atom. The van der Waals surface area contributed by atoms with Gasteiger partial charge in [-0.25, -0.2) is 0 Å². The number of carbonyl (C=O) groups is 3. The first-order valence-corrected chi connectivity index (χ1v) is 12.0. The molecule has 1 fully saturated rings. The van der Waals surface area contributed by atoms with Gasteiger partial charge in [-0.2, -0.15) is 0 Å². The van der Waals surface area contributed by atoms with Crippen LogP contribution in [0.1, 0.15) is 74.2 Å². The van der Waals surface area contributed by atoms with Gasteiger partial charge in [0.1, 0.15) is 17.5 Å². The number of rotatable bonds is 6. The van der Waals surface area contributed by atoms with E-state index in [0.717, 1.165) is 24.8 Å². The predicted octanol–water partition coefficient (Wildman–Crippen LogP) is 3.55. The number of carbonyl (C=O) groups excluding carboxylic acids is 3. The summed E-state index contributed by atoms with van der Waals surface area (Å²) in [4.78, 5) is 40.5. The average Bonchev–Trinajstić information content (AvgIpc) is 3.18. The number of benzene rings is 1. The van der Waals surface area contributed by atoms with Crippen molar-refractivity contribution in [1.29, 1.82) is 0 Å². The zero-order valence-electron chi connectivity index (χ0n) is 18.4. The molecule has 0 radical (unpaired) electrons. The van der Waals surface area contributed by atoms with Crippen LogP contribution in [0.25, 0.3) is 0 Å². The lowest BCUT2D eigenvalue weighted by molar-refractivity contribution is -0.131. The monoisotopic (exact) mass is 441 g/mol. The minimum atomic E-state index is -0.659. The van der Waals surface area contributed by atoms with E-state index < -0.39 is 16.8 Å². The van der Waals surface area contributed by atoms with E-state index in [0.29, 0.717) is 12.1 Å². The number of nitrogens with one attached hydrogen (secondary N) is 2. The summed E-state index contributed by atoms with van der Waals surface area (Å²) in [5.41, 5.74) is 3.03. The largest absolute Gasteiger partial charge is 0.354 e. The van der Waals surface area contributed by atoms with Crippen molar-refractivity contribution in [2.24, 2.45) is 0 Å². The fourth-order valence-corrected chi connectivity index (χ4v) is 6.38. The summed E-state index contributed by atoms with van der Waals surface area (Å²) in [6, 6.07) is 6.25. The smallest absolute Gasteiger partial charge is 0.256 e. The van der Waals surface area contributed by atoms with Crippen molar-refractivity contribution in [1.82, 2.24) is 15.5 Å². The third-order valence-electron chi connectivity index (χ3n) is 6.43. The summed E-state index contributed by atoms with van der Waals surface area (Å²) in [6.45, 7) is 6.25. The molecule has 0 saturated carbocycles. The molecule has 0 spiro atoms. The molecule has 1 aromatic rings. The Kier molecular flexibility index (Phi) is 6.15. The quantitative estimate of drug-likeness (QED) is 0.662. The van der Waals surface area contributed by atoms with Gasteiger partial charge in [-0.15, -0.1) is 11.8 Å². The van der Waals surface area contributed by atoms with Crippen molar-refractivity contribution < 1.29 is 14.4 Å². The number of hydrogen-bond donors (Lipinski definition) is 2. The van der Waals surface area contributed by atoms with Crippen molar-refractivity contribution in [3.05, 3.63) is 47.0 Å². The van der Waals surface area contributed by atoms with Crippen LogP contribution in [-0.4, -0.2) is 46.0 Å². The Labute approximate surface area is 188 Å². The zero-order chi connectivity index (χ0) is 22.2. The standard InChI is InChI=1S/C24H31N3O3S/c1-15(20(28)25-14-13-16-9-5-4-6-10-16)26-21(29)19-24(2,3)31-23-18-12-8-7-11-17(18)22(30)27(19)23/h7-9,11-12,15,19,23H,4-6,10,13-14H2,1-3H3,(H,25,28)(H,26,29)/t15-,19+,23?/m0/s1. The summed E-state index contributed by atoms with van der Waals surface area (Å²) in [5, 5.41) is 5.62. The zero-order valence-corrected chi connectivity index (χ0v) is 19.3. The van der Waals surface area contributed by atoms with Gasteiger partial charge in [0, 0.05) is 16.9 Å². The molecule has 1 saturated heterocycles. The maximum Gasteiger partial charge on any atom is 0.256 e. The predicted molar refractivity (Wildman–Crippen MR) is 123 cm³/mol. The van der Waals surface area contributed by atoms with Crippen LogP contribution in [0.4, 0.5) is 0 Å². The van der Waals surface area contributed by atoms with Crippen LogP contribution in [0.5, 0.6) is 0 Å². The summed E-state index contributed by atoms with van der Waals surface area (Å²) >= 11 is 1.62. The highest BCUT2D eigenvalue weighted by atomic mass is 32.2. The number of hydrogen-bond acceptors (Lipinski definition) is 4. The molecule has 2 N–H and O–H groups in total. The Balaban J connectivity index is 1.38. The topological polar surface area (TPSA) is 78.5 Å². The van der Waals surface area contributed by atoms with Crippen LogP contribution in [0.3, 0.4) is 0 Å². The van der Waals surface area contributed by atoms with Crippen LogP contribution >= 0.6 is 11.8 Å². The first-order valence-electron chi connectivity index (χ1n) is 11.1. The van der Waals surface area contributed by atoms with Gasteiger partial charge < -0.3 is 15.5 Å². The first-order chi connectivity index (χ1) is 14.8. The lowest BCUT2D eigenvalue weighted by Crippen LogP contribution is -2.56. The molecule has 1 unspecified atom stereocenters. The van der Waals surface area contributed by atoms with Crippen molar-refractivity contribution in [2.75, 3.05) is 6.54 Å². The average molecular weight is 442 g/mol. The summed E-state index contributed by atoms with van der Waals surface area (Å²) < 4.78 is -0.457. The molecule has 0 bridgehead atoms. The molecular weight excluding hydrogens is 410 g/mol. The van der Waals surface area contributed by atoms with E-state index in [1.54, 1.807) is 23.6 Å². The molecule has 2 aliphatic heterocycles. The fourth-order valence-electron chi connectivity index (χ4n) is 4.79. The van der Waals surface area contributed by atoms with Gasteiger partial charge in [0.05, 0.1) is 0 Å². The third kappa shape index (κ3) is 4.25. The number of fused-ring (bicyclic) bond motifs is 3. The van der Waals surface area contributed by atoms with Crippen LogP contribution in [0.15, 0.2) is 35.9 Å². The Morgan fingerprint density at radius 2 is 2.03 bits per heavy atom. The number of nitrogens with zero attached hydrogens (tertiary/aromatic N) is 1. The van der Waals surface area contributed by atoms with E-state index in [-0.39, 0.29) is 23.1 Å². The van der Waals surface area contributed by atoms with E-state index in [2.05, 4.69) is 16.7 Å². The fraction of sp³-hybridized carbons (Fsp3) is 0.542. The molecule has 0 aromatic heterocycles. The van der Waals surface area contributed by atoms with Gasteiger partial charge in [0.15, 0.2) is 0 Å². The third-order valence-corrected chi connectivity index (χ3v) is 7.96. The summed E-state index contributed by atoms with van der Waals surface area (Å²) in [6.07, 6.45) is 7.86. The molecule has 31 heavy (non-hydrogen) atoms. The number of thioether (sulfide) groups is 1. The van der Waals surface area contributed by atoms with Crippen LogP contribution in [-0.2, 0) is 9.59 Å². The molecule has 166 valence electrons. The van der Waals surface area contributed by atoms with Gasteiger partial charge in [0.25, 0.3) is 5.91 Å². The van der Waals surface area contributed by atoms with E-state index in [1.165, 1.54) is 18.4 Å². The summed E-state index contributed by atoms with van der Waals surface area (Å²) in [5.74, 6) is -0.587. The highest BCUT2D eigenvalue weighted by Gasteiger charge is 2.57. The van der Waals surface area contributed by atoms with Crippen LogP contribution in [0, 0.1) is 0 Å². The van der Waals surface area contributed by atoms with Crippen molar-refractivity contribution in [3.63, 3.8) is 0 Å². The Bertz CT molecular complexity index is 926. The maximum absolute atomic E-state index is 13.2. The van der Waals surface area contributed by atoms with Gasteiger partial charge >= 0.3 is 0 Å². The molecule has 4 rings (SSSR count). The Hall–Kier alpha value is -2.28. The van der Waals surface area contributed by atoms with Gasteiger partial charge in [-0.3, -0.25) is 14.4 Å². The van der Waals surface area contributed by atoms with Gasteiger partial charge in [0.2, 0.25) is 11.8 Å². The molecule has 3 atom stereocenters. The lowest BCUT2D eigenvalue weighted by Gasteiger charge is -2.30. The van der Waals surface area contributed by atoms with Gasteiger partial charge in [-0.1, -0.05) is 29.8 Å². The molecule has 1 aliphatic carbocycles. The van der Waals surface area contributed by atoms with Crippen molar-refractivity contribution >= 4 is 29.5 Å². The molecule has 3 amide bonds. The van der Waals surface area contributed by atoms with Crippen molar-refractivity contribution in [2.45, 2.75) is 75.1 Å². The highest BCUT2D eigenvalue weighted by molar-refractivity contribution is 8.01. The van der Waals surface area contributed by atoms with E-state index in [4.69, 9.17) is 0 Å². The lowest BCUT2D eigenvalue weighted by atomic mass is 9.97. The second kappa shape index (κ2) is 8.69. The minimum absolute atomic E-state index is 0.114. The van der Waals surface area contributed by atoms with Crippen molar-refractivity contribution in [3.8, 4) is 0 Å².